The van der Waals surface area contributed by atoms with Crippen LogP contribution in [0.2, 0.25) is 0 Å². The van der Waals surface area contributed by atoms with Crippen molar-refractivity contribution in [1.29, 1.82) is 0 Å². The molecule has 27 heavy (non-hydrogen) atoms. The molecule has 4 rings (SSSR count). The Kier molecular flexibility index (Phi) is 5.42. The van der Waals surface area contributed by atoms with Crippen LogP contribution >= 0.6 is 0 Å². The van der Waals surface area contributed by atoms with Crippen molar-refractivity contribution in [2.75, 3.05) is 32.8 Å². The number of benzene rings is 2. The standard InChI is InChI=1S/C22H23N3O2/c26-22(20-11-10-17-6-4-5-9-19(17)24-20)23-16-21(18-7-2-1-3-8-18)25-12-14-27-15-13-25/h1-11,21H,12-16H2,(H,23,26). The summed E-state index contributed by atoms with van der Waals surface area (Å²) in [7, 11) is 0. The molecule has 0 radical (unpaired) electrons. The number of nitrogens with zero attached hydrogens (tertiary/aromatic N) is 2. The van der Waals surface area contributed by atoms with E-state index in [0.29, 0.717) is 12.2 Å². The topological polar surface area (TPSA) is 54.5 Å². The molecule has 0 saturated carbocycles. The minimum absolute atomic E-state index is 0.125. The van der Waals surface area contributed by atoms with E-state index in [4.69, 9.17) is 4.74 Å². The third kappa shape index (κ3) is 4.15. The molecular weight excluding hydrogens is 338 g/mol. The molecule has 0 aliphatic carbocycles. The molecule has 3 aromatic rings. The van der Waals surface area contributed by atoms with Crippen molar-refractivity contribution in [1.82, 2.24) is 15.2 Å². The highest BCUT2D eigenvalue weighted by Crippen LogP contribution is 2.21. The fourth-order valence-corrected chi connectivity index (χ4v) is 3.49. The Hall–Kier alpha value is -2.76. The molecule has 2 heterocycles. The summed E-state index contributed by atoms with van der Waals surface area (Å²) in [5, 5.41) is 4.11. The van der Waals surface area contributed by atoms with Crippen LogP contribution in [0, 0.1) is 0 Å². The van der Waals surface area contributed by atoms with Gasteiger partial charge in [-0.3, -0.25) is 9.69 Å². The van der Waals surface area contributed by atoms with E-state index in [-0.39, 0.29) is 11.9 Å². The van der Waals surface area contributed by atoms with Gasteiger partial charge in [0.2, 0.25) is 0 Å². The van der Waals surface area contributed by atoms with Gasteiger partial charge in [0, 0.05) is 25.0 Å². The van der Waals surface area contributed by atoms with Gasteiger partial charge in [-0.15, -0.1) is 0 Å². The second-order valence-electron chi connectivity index (χ2n) is 6.67. The maximum Gasteiger partial charge on any atom is 0.269 e. The van der Waals surface area contributed by atoms with Gasteiger partial charge in [0.05, 0.1) is 24.8 Å². The van der Waals surface area contributed by atoms with E-state index in [2.05, 4.69) is 27.3 Å². The first-order valence-corrected chi connectivity index (χ1v) is 9.32. The lowest BCUT2D eigenvalue weighted by molar-refractivity contribution is 0.0162. The summed E-state index contributed by atoms with van der Waals surface area (Å²) in [6.45, 7) is 3.72. The SMILES string of the molecule is O=C(NCC(c1ccccc1)N1CCOCC1)c1ccc2ccccc2n1. The van der Waals surface area contributed by atoms with Crippen molar-refractivity contribution in [3.63, 3.8) is 0 Å². The molecule has 5 heteroatoms. The Morgan fingerprint density at radius 3 is 2.56 bits per heavy atom. The number of para-hydroxylation sites is 1. The lowest BCUT2D eigenvalue weighted by atomic mass is 10.0. The lowest BCUT2D eigenvalue weighted by Gasteiger charge is -2.34. The van der Waals surface area contributed by atoms with Crippen LogP contribution in [0.25, 0.3) is 10.9 Å². The predicted octanol–water partition coefficient (Wildman–Crippen LogP) is 3.04. The first-order chi connectivity index (χ1) is 13.3. The van der Waals surface area contributed by atoms with Gasteiger partial charge in [0.15, 0.2) is 0 Å². The van der Waals surface area contributed by atoms with Crippen LogP contribution in [0.4, 0.5) is 0 Å². The van der Waals surface area contributed by atoms with Crippen LogP contribution in [0.1, 0.15) is 22.1 Å². The van der Waals surface area contributed by atoms with E-state index in [9.17, 15) is 4.79 Å². The summed E-state index contributed by atoms with van der Waals surface area (Å²) in [4.78, 5) is 19.6. The zero-order chi connectivity index (χ0) is 18.5. The normalized spacial score (nSPS) is 16.1. The van der Waals surface area contributed by atoms with Gasteiger partial charge in [-0.05, 0) is 17.7 Å². The van der Waals surface area contributed by atoms with Crippen LogP contribution in [0.15, 0.2) is 66.7 Å². The average Bonchev–Trinajstić information content (AvgIpc) is 2.75. The number of carbonyl (C=O) groups excluding carboxylic acids is 1. The van der Waals surface area contributed by atoms with Gasteiger partial charge < -0.3 is 10.1 Å². The summed E-state index contributed by atoms with van der Waals surface area (Å²) in [5.74, 6) is -0.144. The smallest absolute Gasteiger partial charge is 0.269 e. The highest BCUT2D eigenvalue weighted by atomic mass is 16.5. The Bertz CT molecular complexity index is 908. The van der Waals surface area contributed by atoms with Crippen molar-refractivity contribution >= 4 is 16.8 Å². The molecule has 1 amide bonds. The number of morpholine rings is 1. The average molecular weight is 361 g/mol. The monoisotopic (exact) mass is 361 g/mol. The summed E-state index contributed by atoms with van der Waals surface area (Å²) in [6.07, 6.45) is 0. The molecule has 1 N–H and O–H groups in total. The Morgan fingerprint density at radius 2 is 1.74 bits per heavy atom. The summed E-state index contributed by atoms with van der Waals surface area (Å²) in [5.41, 5.74) is 2.48. The minimum atomic E-state index is -0.144. The fourth-order valence-electron chi connectivity index (χ4n) is 3.49. The zero-order valence-electron chi connectivity index (χ0n) is 15.2. The van der Waals surface area contributed by atoms with Crippen LogP contribution < -0.4 is 5.32 Å². The third-order valence-electron chi connectivity index (χ3n) is 4.96. The van der Waals surface area contributed by atoms with Crippen molar-refractivity contribution < 1.29 is 9.53 Å². The van der Waals surface area contributed by atoms with E-state index < -0.39 is 0 Å². The Morgan fingerprint density at radius 1 is 1.00 bits per heavy atom. The number of nitrogens with one attached hydrogen (secondary N) is 1. The van der Waals surface area contributed by atoms with Crippen molar-refractivity contribution in [2.24, 2.45) is 0 Å². The van der Waals surface area contributed by atoms with Gasteiger partial charge in [-0.1, -0.05) is 54.6 Å². The first kappa shape index (κ1) is 17.6. The lowest BCUT2D eigenvalue weighted by Crippen LogP contribution is -2.43. The van der Waals surface area contributed by atoms with Crippen molar-refractivity contribution in [3.8, 4) is 0 Å². The predicted molar refractivity (Wildman–Crippen MR) is 106 cm³/mol. The third-order valence-corrected chi connectivity index (χ3v) is 4.96. The van der Waals surface area contributed by atoms with Gasteiger partial charge in [-0.25, -0.2) is 4.98 Å². The first-order valence-electron chi connectivity index (χ1n) is 9.32. The molecule has 1 aromatic heterocycles. The number of rotatable bonds is 5. The Balaban J connectivity index is 1.49. The van der Waals surface area contributed by atoms with Crippen molar-refractivity contribution in [3.05, 3.63) is 78.0 Å². The molecule has 1 saturated heterocycles. The number of fused-ring (bicyclic) bond motifs is 1. The van der Waals surface area contributed by atoms with Gasteiger partial charge in [0.25, 0.3) is 5.91 Å². The molecule has 1 fully saturated rings. The number of carbonyl (C=O) groups is 1. The largest absolute Gasteiger partial charge is 0.379 e. The quantitative estimate of drug-likeness (QED) is 0.759. The minimum Gasteiger partial charge on any atom is -0.379 e. The van der Waals surface area contributed by atoms with E-state index in [1.54, 1.807) is 6.07 Å². The second-order valence-corrected chi connectivity index (χ2v) is 6.67. The van der Waals surface area contributed by atoms with Gasteiger partial charge >= 0.3 is 0 Å². The maximum absolute atomic E-state index is 12.7. The van der Waals surface area contributed by atoms with E-state index in [0.717, 1.165) is 37.2 Å². The summed E-state index contributed by atoms with van der Waals surface area (Å²) in [6, 6.07) is 22.0. The molecule has 0 spiro atoms. The molecular formula is C22H23N3O2. The zero-order valence-corrected chi connectivity index (χ0v) is 15.2. The van der Waals surface area contributed by atoms with Crippen LogP contribution in [0.5, 0.6) is 0 Å². The summed E-state index contributed by atoms with van der Waals surface area (Å²) < 4.78 is 5.48. The fraction of sp³-hybridized carbons (Fsp3) is 0.273. The number of pyridine rings is 1. The molecule has 0 bridgehead atoms. The number of amides is 1. The van der Waals surface area contributed by atoms with Crippen molar-refractivity contribution in [2.45, 2.75) is 6.04 Å². The molecule has 2 aromatic carbocycles. The van der Waals surface area contributed by atoms with E-state index >= 15 is 0 Å². The van der Waals surface area contributed by atoms with E-state index in [1.165, 1.54) is 5.56 Å². The summed E-state index contributed by atoms with van der Waals surface area (Å²) >= 11 is 0. The van der Waals surface area contributed by atoms with Crippen LogP contribution in [0.3, 0.4) is 0 Å². The second kappa shape index (κ2) is 8.29. The van der Waals surface area contributed by atoms with Crippen LogP contribution in [-0.4, -0.2) is 48.6 Å². The molecule has 5 nitrogen and oxygen atoms in total. The molecule has 1 unspecified atom stereocenters. The Labute approximate surface area is 159 Å². The van der Waals surface area contributed by atoms with Gasteiger partial charge in [0.1, 0.15) is 5.69 Å². The van der Waals surface area contributed by atoms with Crippen LogP contribution in [-0.2, 0) is 4.74 Å². The molecule has 1 aliphatic heterocycles. The molecule has 1 atom stereocenters. The number of hydrogen-bond acceptors (Lipinski definition) is 4. The molecule has 1 aliphatic rings. The van der Waals surface area contributed by atoms with Gasteiger partial charge in [-0.2, -0.15) is 0 Å². The highest BCUT2D eigenvalue weighted by Gasteiger charge is 2.23. The highest BCUT2D eigenvalue weighted by molar-refractivity contribution is 5.94. The van der Waals surface area contributed by atoms with E-state index in [1.807, 2.05) is 48.5 Å². The molecule has 138 valence electrons. The maximum atomic E-state index is 12.7. The number of aromatic nitrogens is 1. The number of ether oxygens (including phenoxy) is 1. The number of hydrogen-bond donors (Lipinski definition) is 1.